The van der Waals surface area contributed by atoms with Gasteiger partial charge in [0.2, 0.25) is 0 Å². The topological polar surface area (TPSA) is 26.0 Å². The summed E-state index contributed by atoms with van der Waals surface area (Å²) in [5.74, 6) is -3.90. The summed E-state index contributed by atoms with van der Waals surface area (Å²) in [6.45, 7) is -0.166. The summed E-state index contributed by atoms with van der Waals surface area (Å²) in [6.07, 6.45) is -0.521. The molecule has 1 nitrogen and oxygen atoms in total. The molecule has 1 rings (SSSR count). The van der Waals surface area contributed by atoms with E-state index in [1.165, 1.54) is 0 Å². The Kier molecular flexibility index (Phi) is 3.39. The molecule has 0 bridgehead atoms. The van der Waals surface area contributed by atoms with E-state index in [-0.39, 0.29) is 11.6 Å². The molecule has 5 heteroatoms. The molecule has 0 spiro atoms. The Morgan fingerprint density at radius 3 is 2.43 bits per heavy atom. The summed E-state index contributed by atoms with van der Waals surface area (Å²) in [7, 11) is 0. The van der Waals surface area contributed by atoms with Crippen LogP contribution in [0.3, 0.4) is 0 Å². The highest BCUT2D eigenvalue weighted by molar-refractivity contribution is 6.30. The Morgan fingerprint density at radius 1 is 1.29 bits per heavy atom. The molecule has 1 aromatic carbocycles. The minimum Gasteiger partial charge on any atom is -0.330 e. The van der Waals surface area contributed by atoms with Crippen LogP contribution in [0.2, 0.25) is 5.02 Å². The molecule has 0 radical (unpaired) electrons. The predicted molar refractivity (Wildman–Crippen MR) is 49.0 cm³/mol. The maximum atomic E-state index is 13.2. The van der Waals surface area contributed by atoms with Crippen molar-refractivity contribution in [3.63, 3.8) is 0 Å². The first-order valence-electron chi connectivity index (χ1n) is 4.00. The normalized spacial score (nSPS) is 11.8. The van der Waals surface area contributed by atoms with E-state index in [1.54, 1.807) is 0 Å². The lowest BCUT2D eigenvalue weighted by Crippen LogP contribution is -2.18. The molecule has 0 amide bonds. The van der Waals surface area contributed by atoms with Gasteiger partial charge in [0, 0.05) is 17.0 Å². The quantitative estimate of drug-likeness (QED) is 0.838. The third kappa shape index (κ3) is 2.62. The van der Waals surface area contributed by atoms with E-state index >= 15 is 0 Å². The van der Waals surface area contributed by atoms with Crippen molar-refractivity contribution < 1.29 is 13.2 Å². The van der Waals surface area contributed by atoms with E-state index in [1.807, 2.05) is 0 Å². The third-order valence-electron chi connectivity index (χ3n) is 1.74. The first-order valence-corrected chi connectivity index (χ1v) is 4.38. The van der Waals surface area contributed by atoms with Crippen molar-refractivity contribution in [3.05, 3.63) is 34.6 Å². The average molecular weight is 224 g/mol. The van der Waals surface area contributed by atoms with Gasteiger partial charge in [-0.2, -0.15) is 0 Å². The molecular formula is C9H9ClF3N. The van der Waals surface area contributed by atoms with Gasteiger partial charge in [0.15, 0.2) is 0 Å². The molecule has 0 aromatic heterocycles. The molecule has 1 aromatic rings. The summed E-state index contributed by atoms with van der Waals surface area (Å²) >= 11 is 5.45. The number of rotatable bonds is 3. The molecule has 14 heavy (non-hydrogen) atoms. The lowest BCUT2D eigenvalue weighted by molar-refractivity contribution is -0.0110. The van der Waals surface area contributed by atoms with Crippen molar-refractivity contribution in [3.8, 4) is 0 Å². The zero-order valence-corrected chi connectivity index (χ0v) is 7.99. The van der Waals surface area contributed by atoms with Crippen LogP contribution in [0.15, 0.2) is 18.2 Å². The van der Waals surface area contributed by atoms with E-state index < -0.39 is 23.7 Å². The minimum atomic E-state index is -3.12. The van der Waals surface area contributed by atoms with Gasteiger partial charge in [0.05, 0.1) is 0 Å². The molecule has 2 N–H and O–H groups in total. The van der Waals surface area contributed by atoms with Crippen LogP contribution < -0.4 is 5.73 Å². The van der Waals surface area contributed by atoms with Crippen molar-refractivity contribution in [1.82, 2.24) is 0 Å². The van der Waals surface area contributed by atoms with Crippen LogP contribution in [0.4, 0.5) is 13.2 Å². The van der Waals surface area contributed by atoms with Crippen LogP contribution in [0, 0.1) is 5.82 Å². The maximum Gasteiger partial charge on any atom is 0.274 e. The lowest BCUT2D eigenvalue weighted by Gasteiger charge is -2.15. The van der Waals surface area contributed by atoms with Crippen molar-refractivity contribution in [2.75, 3.05) is 6.54 Å². The van der Waals surface area contributed by atoms with E-state index in [2.05, 4.69) is 0 Å². The SMILES string of the molecule is NCCC(F)(F)c1cc(F)cc(Cl)c1. The minimum absolute atomic E-state index is 0.0447. The van der Waals surface area contributed by atoms with Crippen LogP contribution in [0.25, 0.3) is 0 Å². The fourth-order valence-electron chi connectivity index (χ4n) is 1.09. The highest BCUT2D eigenvalue weighted by Gasteiger charge is 2.31. The second-order valence-corrected chi connectivity index (χ2v) is 3.34. The van der Waals surface area contributed by atoms with Crippen LogP contribution >= 0.6 is 11.6 Å². The summed E-state index contributed by atoms with van der Waals surface area (Å²) in [4.78, 5) is 0. The van der Waals surface area contributed by atoms with Gasteiger partial charge in [-0.1, -0.05) is 11.6 Å². The summed E-state index contributed by atoms with van der Waals surface area (Å²) in [5.41, 5.74) is 4.58. The molecule has 0 saturated heterocycles. The highest BCUT2D eigenvalue weighted by atomic mass is 35.5. The molecule has 0 aliphatic rings. The molecule has 0 fully saturated rings. The molecule has 78 valence electrons. The van der Waals surface area contributed by atoms with Crippen LogP contribution in [-0.4, -0.2) is 6.54 Å². The summed E-state index contributed by atoms with van der Waals surface area (Å²) < 4.78 is 39.2. The van der Waals surface area contributed by atoms with Crippen LogP contribution in [-0.2, 0) is 5.92 Å². The van der Waals surface area contributed by atoms with Gasteiger partial charge in [-0.05, 0) is 24.7 Å². The van der Waals surface area contributed by atoms with Crippen molar-refractivity contribution in [2.24, 2.45) is 5.73 Å². The Labute approximate surface area is 84.7 Å². The first-order chi connectivity index (χ1) is 6.45. The van der Waals surface area contributed by atoms with Crippen molar-refractivity contribution >= 4 is 11.6 Å². The number of nitrogens with two attached hydrogens (primary N) is 1. The third-order valence-corrected chi connectivity index (χ3v) is 1.96. The molecule has 0 saturated carbocycles. The Hall–Kier alpha value is -0.740. The van der Waals surface area contributed by atoms with Gasteiger partial charge in [0.1, 0.15) is 5.82 Å². The monoisotopic (exact) mass is 223 g/mol. The fourth-order valence-corrected chi connectivity index (χ4v) is 1.31. The van der Waals surface area contributed by atoms with Gasteiger partial charge < -0.3 is 5.73 Å². The largest absolute Gasteiger partial charge is 0.330 e. The predicted octanol–water partition coefficient (Wildman–Crippen LogP) is 2.92. The zero-order chi connectivity index (χ0) is 10.8. The Balaban J connectivity index is 3.05. The molecule has 0 unspecified atom stereocenters. The Bertz CT molecular complexity index is 308. The van der Waals surface area contributed by atoms with Crippen molar-refractivity contribution in [1.29, 1.82) is 0 Å². The second kappa shape index (κ2) is 4.19. The lowest BCUT2D eigenvalue weighted by atomic mass is 10.1. The number of halogens is 4. The average Bonchev–Trinajstić information content (AvgIpc) is 2.02. The molecule has 0 aliphatic heterocycles. The van der Waals surface area contributed by atoms with Crippen LogP contribution in [0.5, 0.6) is 0 Å². The first kappa shape index (κ1) is 11.3. The van der Waals surface area contributed by atoms with Gasteiger partial charge >= 0.3 is 0 Å². The standard InChI is InChI=1S/C9H9ClF3N/c10-7-3-6(4-8(11)5-7)9(12,13)1-2-14/h3-5H,1-2,14H2. The number of benzene rings is 1. The van der Waals surface area contributed by atoms with E-state index in [4.69, 9.17) is 17.3 Å². The second-order valence-electron chi connectivity index (χ2n) is 2.90. The van der Waals surface area contributed by atoms with Gasteiger partial charge in [-0.25, -0.2) is 13.2 Å². The number of hydrogen-bond acceptors (Lipinski definition) is 1. The van der Waals surface area contributed by atoms with E-state index in [9.17, 15) is 13.2 Å². The highest BCUT2D eigenvalue weighted by Crippen LogP contribution is 2.32. The smallest absolute Gasteiger partial charge is 0.274 e. The number of alkyl halides is 2. The molecular weight excluding hydrogens is 215 g/mol. The number of hydrogen-bond donors (Lipinski definition) is 1. The van der Waals surface area contributed by atoms with Gasteiger partial charge in [0.25, 0.3) is 5.92 Å². The fraction of sp³-hybridized carbons (Fsp3) is 0.333. The van der Waals surface area contributed by atoms with Crippen molar-refractivity contribution in [2.45, 2.75) is 12.3 Å². The van der Waals surface area contributed by atoms with Gasteiger partial charge in [-0.3, -0.25) is 0 Å². The maximum absolute atomic E-state index is 13.2. The van der Waals surface area contributed by atoms with Gasteiger partial charge in [-0.15, -0.1) is 0 Å². The van der Waals surface area contributed by atoms with E-state index in [0.29, 0.717) is 0 Å². The molecule has 0 aliphatic carbocycles. The van der Waals surface area contributed by atoms with Crippen LogP contribution in [0.1, 0.15) is 12.0 Å². The summed E-state index contributed by atoms with van der Waals surface area (Å²) in [5, 5.41) is -0.0447. The zero-order valence-electron chi connectivity index (χ0n) is 7.24. The van der Waals surface area contributed by atoms with E-state index in [0.717, 1.165) is 18.2 Å². The Morgan fingerprint density at radius 2 is 1.93 bits per heavy atom. The molecule has 0 heterocycles. The molecule has 0 atom stereocenters. The summed E-state index contributed by atoms with van der Waals surface area (Å²) in [6, 6.07) is 2.78.